The Labute approximate surface area is 293 Å². The Hall–Kier alpha value is -6.44. The molecule has 0 atom stereocenters. The van der Waals surface area contributed by atoms with E-state index in [1.54, 1.807) is 28.7 Å². The maximum absolute atomic E-state index is 10.7. The lowest BCUT2D eigenvalue weighted by Gasteiger charge is -2.16. The summed E-state index contributed by atoms with van der Waals surface area (Å²) in [6.45, 7) is 0. The third-order valence-electron chi connectivity index (χ3n) is 10.2. The molecule has 0 saturated heterocycles. The summed E-state index contributed by atoms with van der Waals surface area (Å²) in [5.41, 5.74) is 6.62. The molecule has 0 aliphatic heterocycles. The van der Waals surface area contributed by atoms with Crippen molar-refractivity contribution in [1.82, 2.24) is 9.13 Å². The maximum atomic E-state index is 10.7. The first-order valence-corrected chi connectivity index (χ1v) is 18.0. The molecule has 0 unspecified atom stereocenters. The molecule has 4 aromatic heterocycles. The van der Waals surface area contributed by atoms with Crippen LogP contribution in [-0.4, -0.2) is 9.13 Å². The van der Waals surface area contributed by atoms with Gasteiger partial charge in [-0.2, -0.15) is 10.5 Å². The number of nitrogens with zero attached hydrogens (tertiary/aromatic N) is 4. The van der Waals surface area contributed by atoms with Gasteiger partial charge in [-0.25, -0.2) is 0 Å². The standard InChI is InChI=1S/C44H22N4S2/c45-23-25-21-26(24-46)38(48-36-14-6-2-10-28(36)32-18-20-34-30-12-4-8-16-40(30)50-44(34)42(32)48)22-37(25)47-35-13-5-1-9-27(35)31-17-19-33-29-11-3-7-15-39(29)49-43(33)41(31)47/h1-22H. The number of nitriles is 2. The molecular formula is C44H22N4S2. The van der Waals surface area contributed by atoms with Crippen LogP contribution in [0.2, 0.25) is 0 Å². The van der Waals surface area contributed by atoms with Gasteiger partial charge < -0.3 is 9.13 Å². The molecule has 0 N–H and O–H groups in total. The summed E-state index contributed by atoms with van der Waals surface area (Å²) in [5, 5.41) is 30.8. The summed E-state index contributed by atoms with van der Waals surface area (Å²) in [4.78, 5) is 0. The predicted molar refractivity (Wildman–Crippen MR) is 210 cm³/mol. The average molecular weight is 671 g/mol. The van der Waals surface area contributed by atoms with Crippen LogP contribution >= 0.6 is 22.7 Å². The van der Waals surface area contributed by atoms with Crippen molar-refractivity contribution >= 4 is 107 Å². The lowest BCUT2D eigenvalue weighted by atomic mass is 10.1. The minimum Gasteiger partial charge on any atom is -0.306 e. The second-order valence-corrected chi connectivity index (χ2v) is 14.8. The summed E-state index contributed by atoms with van der Waals surface area (Å²) >= 11 is 3.57. The van der Waals surface area contributed by atoms with Gasteiger partial charge in [0.15, 0.2) is 0 Å². The second-order valence-electron chi connectivity index (χ2n) is 12.7. The zero-order valence-corrected chi connectivity index (χ0v) is 27.9. The fourth-order valence-corrected chi connectivity index (χ4v) is 10.6. The van der Waals surface area contributed by atoms with Gasteiger partial charge in [-0.05, 0) is 36.4 Å². The number of thiophene rings is 2. The van der Waals surface area contributed by atoms with Crippen LogP contribution < -0.4 is 0 Å². The number of fused-ring (bicyclic) bond motifs is 14. The van der Waals surface area contributed by atoms with Crippen LogP contribution in [0.1, 0.15) is 11.1 Å². The van der Waals surface area contributed by atoms with Crippen molar-refractivity contribution in [3.63, 3.8) is 0 Å². The van der Waals surface area contributed by atoms with E-state index in [0.29, 0.717) is 11.1 Å². The number of hydrogen-bond acceptors (Lipinski definition) is 4. The molecule has 4 nitrogen and oxygen atoms in total. The lowest BCUT2D eigenvalue weighted by molar-refractivity contribution is 1.12. The molecule has 0 bridgehead atoms. The molecule has 6 heteroatoms. The van der Waals surface area contributed by atoms with Gasteiger partial charge in [-0.15, -0.1) is 22.7 Å². The highest BCUT2D eigenvalue weighted by Gasteiger charge is 2.24. The zero-order valence-electron chi connectivity index (χ0n) is 26.3. The minimum atomic E-state index is 0.457. The van der Waals surface area contributed by atoms with Gasteiger partial charge in [0.1, 0.15) is 12.1 Å². The van der Waals surface area contributed by atoms with Crippen molar-refractivity contribution in [3.8, 4) is 23.5 Å². The monoisotopic (exact) mass is 670 g/mol. The first-order chi connectivity index (χ1) is 24.7. The van der Waals surface area contributed by atoms with Crippen LogP contribution in [0.3, 0.4) is 0 Å². The summed E-state index contributed by atoms with van der Waals surface area (Å²) < 4.78 is 9.33. The predicted octanol–water partition coefficient (Wildman–Crippen LogP) is 12.4. The Balaban J connectivity index is 1.33. The summed E-state index contributed by atoms with van der Waals surface area (Å²) in [7, 11) is 0. The highest BCUT2D eigenvalue weighted by atomic mass is 32.1. The molecule has 11 rings (SSSR count). The van der Waals surface area contributed by atoms with Gasteiger partial charge in [0.2, 0.25) is 0 Å². The second kappa shape index (κ2) is 10.0. The third kappa shape index (κ3) is 3.51. The molecule has 0 amide bonds. The number of para-hydroxylation sites is 2. The van der Waals surface area contributed by atoms with Gasteiger partial charge in [-0.3, -0.25) is 0 Å². The quantitative estimate of drug-likeness (QED) is 0.184. The fourth-order valence-electron chi connectivity index (χ4n) is 8.09. The average Bonchev–Trinajstić information content (AvgIpc) is 3.92. The topological polar surface area (TPSA) is 57.4 Å². The van der Waals surface area contributed by atoms with E-state index in [2.05, 4.69) is 149 Å². The molecule has 230 valence electrons. The van der Waals surface area contributed by atoms with E-state index in [1.807, 2.05) is 0 Å². The fraction of sp³-hybridized carbons (Fsp3) is 0. The zero-order chi connectivity index (χ0) is 33.1. The van der Waals surface area contributed by atoms with Crippen LogP contribution in [0.25, 0.3) is 95.3 Å². The Bertz CT molecular complexity index is 3130. The summed E-state index contributed by atoms with van der Waals surface area (Å²) in [5.74, 6) is 0. The third-order valence-corrected chi connectivity index (χ3v) is 12.6. The van der Waals surface area contributed by atoms with Crippen molar-refractivity contribution in [3.05, 3.63) is 145 Å². The van der Waals surface area contributed by atoms with E-state index in [9.17, 15) is 10.5 Å². The van der Waals surface area contributed by atoms with Crippen LogP contribution in [0, 0.1) is 22.7 Å². The van der Waals surface area contributed by atoms with E-state index in [1.165, 1.54) is 40.3 Å². The van der Waals surface area contributed by atoms with Gasteiger partial charge in [-0.1, -0.05) is 97.1 Å². The minimum absolute atomic E-state index is 0.457. The van der Waals surface area contributed by atoms with Crippen molar-refractivity contribution in [2.24, 2.45) is 0 Å². The molecule has 0 aliphatic rings. The van der Waals surface area contributed by atoms with Crippen LogP contribution in [-0.2, 0) is 0 Å². The number of benzene rings is 7. The van der Waals surface area contributed by atoms with Crippen molar-refractivity contribution in [2.45, 2.75) is 0 Å². The van der Waals surface area contributed by atoms with Gasteiger partial charge >= 0.3 is 0 Å². The molecule has 50 heavy (non-hydrogen) atoms. The molecule has 0 aliphatic carbocycles. The van der Waals surface area contributed by atoms with E-state index in [4.69, 9.17) is 0 Å². The Morgan fingerprint density at radius 2 is 0.800 bits per heavy atom. The maximum Gasteiger partial charge on any atom is 0.101 e. The number of hydrogen-bond donors (Lipinski definition) is 0. The normalized spacial score (nSPS) is 12.0. The highest BCUT2D eigenvalue weighted by molar-refractivity contribution is 7.27. The van der Waals surface area contributed by atoms with Crippen LogP contribution in [0.4, 0.5) is 0 Å². The molecule has 0 spiro atoms. The number of aromatic nitrogens is 2. The van der Waals surface area contributed by atoms with E-state index in [-0.39, 0.29) is 0 Å². The molecule has 0 radical (unpaired) electrons. The summed E-state index contributed by atoms with van der Waals surface area (Å²) in [6, 6.07) is 51.7. The number of rotatable bonds is 2. The molecule has 0 fully saturated rings. The first kappa shape index (κ1) is 27.5. The Kier molecular flexibility index (Phi) is 5.52. The highest BCUT2D eigenvalue weighted by Crippen LogP contribution is 2.46. The molecule has 0 saturated carbocycles. The van der Waals surface area contributed by atoms with Crippen molar-refractivity contribution in [1.29, 1.82) is 10.5 Å². The Morgan fingerprint density at radius 3 is 1.26 bits per heavy atom. The Morgan fingerprint density at radius 1 is 0.400 bits per heavy atom. The molecular weight excluding hydrogens is 649 g/mol. The molecule has 7 aromatic carbocycles. The van der Waals surface area contributed by atoms with E-state index < -0.39 is 0 Å². The lowest BCUT2D eigenvalue weighted by Crippen LogP contribution is -2.04. The van der Waals surface area contributed by atoms with Crippen molar-refractivity contribution < 1.29 is 0 Å². The smallest absolute Gasteiger partial charge is 0.101 e. The van der Waals surface area contributed by atoms with E-state index in [0.717, 1.165) is 55.0 Å². The van der Waals surface area contributed by atoms with Gasteiger partial charge in [0, 0.05) is 52.5 Å². The molecule has 4 heterocycles. The first-order valence-electron chi connectivity index (χ1n) is 16.4. The van der Waals surface area contributed by atoms with Crippen LogP contribution in [0.15, 0.2) is 133 Å². The SMILES string of the molecule is N#Cc1cc(C#N)c(-n2c3ccccc3c3ccc4c5ccccc5sc4c32)cc1-n1c2ccccc2c2ccc3c4ccccc4sc3c21. The summed E-state index contributed by atoms with van der Waals surface area (Å²) in [6.07, 6.45) is 0. The van der Waals surface area contributed by atoms with Crippen molar-refractivity contribution in [2.75, 3.05) is 0 Å². The van der Waals surface area contributed by atoms with E-state index >= 15 is 0 Å². The largest absolute Gasteiger partial charge is 0.306 e. The van der Waals surface area contributed by atoms with Gasteiger partial charge in [0.05, 0.1) is 54.0 Å². The molecule has 11 aromatic rings. The van der Waals surface area contributed by atoms with Gasteiger partial charge in [0.25, 0.3) is 0 Å². The van der Waals surface area contributed by atoms with Crippen LogP contribution in [0.5, 0.6) is 0 Å².